The Morgan fingerprint density at radius 3 is 2.74 bits per heavy atom. The molecular weight excluding hydrogens is 292 g/mol. The van der Waals surface area contributed by atoms with Crippen molar-refractivity contribution in [2.45, 2.75) is 20.0 Å². The van der Waals surface area contributed by atoms with Crippen molar-refractivity contribution in [1.29, 1.82) is 0 Å². The number of para-hydroxylation sites is 1. The molecule has 0 bridgehead atoms. The van der Waals surface area contributed by atoms with Gasteiger partial charge in [-0.2, -0.15) is 5.10 Å². The maximum Gasteiger partial charge on any atom is 0.154 e. The molecule has 0 amide bonds. The SMILES string of the molecule is Cc1cc(C)n(-c2ccc3cccc(NCC(O)CO)c3n2)n1. The third-order valence-electron chi connectivity index (χ3n) is 3.67. The van der Waals surface area contributed by atoms with Crippen LogP contribution in [0.5, 0.6) is 0 Å². The van der Waals surface area contributed by atoms with Gasteiger partial charge in [0.1, 0.15) is 0 Å². The number of rotatable bonds is 5. The molecule has 0 spiro atoms. The van der Waals surface area contributed by atoms with E-state index in [9.17, 15) is 5.11 Å². The predicted molar refractivity (Wildman–Crippen MR) is 89.9 cm³/mol. The smallest absolute Gasteiger partial charge is 0.154 e. The van der Waals surface area contributed by atoms with Gasteiger partial charge in [-0.25, -0.2) is 9.67 Å². The van der Waals surface area contributed by atoms with Crippen LogP contribution in [-0.2, 0) is 0 Å². The van der Waals surface area contributed by atoms with E-state index in [2.05, 4.69) is 10.4 Å². The molecule has 23 heavy (non-hydrogen) atoms. The quantitative estimate of drug-likeness (QED) is 0.669. The standard InChI is InChI=1S/C17H20N4O2/c1-11-8-12(2)21(20-11)16-7-6-13-4-3-5-15(17(13)19-16)18-9-14(23)10-22/h3-8,14,18,22-23H,9-10H2,1-2H3. The number of pyridine rings is 1. The van der Waals surface area contributed by atoms with Gasteiger partial charge in [-0.05, 0) is 38.1 Å². The molecule has 3 aromatic rings. The van der Waals surface area contributed by atoms with Gasteiger partial charge < -0.3 is 15.5 Å². The van der Waals surface area contributed by atoms with E-state index in [4.69, 9.17) is 10.1 Å². The molecule has 120 valence electrons. The molecule has 2 aromatic heterocycles. The molecule has 3 rings (SSSR count). The van der Waals surface area contributed by atoms with Crippen LogP contribution in [0.15, 0.2) is 36.4 Å². The summed E-state index contributed by atoms with van der Waals surface area (Å²) in [6.45, 7) is 3.94. The van der Waals surface area contributed by atoms with Crippen LogP contribution in [0.25, 0.3) is 16.7 Å². The molecule has 0 radical (unpaired) electrons. The van der Waals surface area contributed by atoms with Crippen LogP contribution in [0.3, 0.4) is 0 Å². The summed E-state index contributed by atoms with van der Waals surface area (Å²) in [5.41, 5.74) is 3.60. The molecular formula is C17H20N4O2. The van der Waals surface area contributed by atoms with E-state index < -0.39 is 6.10 Å². The number of benzene rings is 1. The Bertz CT molecular complexity index is 829. The van der Waals surface area contributed by atoms with Gasteiger partial charge in [0.15, 0.2) is 5.82 Å². The summed E-state index contributed by atoms with van der Waals surface area (Å²) >= 11 is 0. The van der Waals surface area contributed by atoms with Gasteiger partial charge in [0, 0.05) is 17.6 Å². The first-order chi connectivity index (χ1) is 11.1. The summed E-state index contributed by atoms with van der Waals surface area (Å²) in [7, 11) is 0. The Morgan fingerprint density at radius 2 is 2.04 bits per heavy atom. The zero-order chi connectivity index (χ0) is 16.4. The number of hydrogen-bond acceptors (Lipinski definition) is 5. The van der Waals surface area contributed by atoms with Crippen LogP contribution in [-0.4, -0.2) is 44.2 Å². The van der Waals surface area contributed by atoms with Crippen LogP contribution in [0.2, 0.25) is 0 Å². The van der Waals surface area contributed by atoms with Gasteiger partial charge in [-0.15, -0.1) is 0 Å². The van der Waals surface area contributed by atoms with E-state index in [-0.39, 0.29) is 13.2 Å². The highest BCUT2D eigenvalue weighted by Gasteiger charge is 2.09. The highest BCUT2D eigenvalue weighted by Crippen LogP contribution is 2.23. The second kappa shape index (κ2) is 6.36. The monoisotopic (exact) mass is 312 g/mol. The fraction of sp³-hybridized carbons (Fsp3) is 0.294. The number of aliphatic hydroxyl groups excluding tert-OH is 2. The molecule has 0 fully saturated rings. The van der Waals surface area contributed by atoms with E-state index in [0.29, 0.717) is 0 Å². The van der Waals surface area contributed by atoms with E-state index in [1.165, 1.54) is 0 Å². The fourth-order valence-corrected chi connectivity index (χ4v) is 2.55. The average molecular weight is 312 g/mol. The molecule has 0 saturated heterocycles. The summed E-state index contributed by atoms with van der Waals surface area (Å²) in [5, 5.41) is 27.0. The predicted octanol–water partition coefficient (Wildman–Crippen LogP) is 1.80. The molecule has 1 unspecified atom stereocenters. The second-order valence-corrected chi connectivity index (χ2v) is 5.60. The fourth-order valence-electron chi connectivity index (χ4n) is 2.55. The lowest BCUT2D eigenvalue weighted by atomic mass is 10.2. The number of nitrogens with one attached hydrogen (secondary N) is 1. The van der Waals surface area contributed by atoms with Crippen LogP contribution in [0.1, 0.15) is 11.4 Å². The van der Waals surface area contributed by atoms with Crippen LogP contribution < -0.4 is 5.32 Å². The Balaban J connectivity index is 2.02. The molecule has 2 heterocycles. The van der Waals surface area contributed by atoms with Crippen molar-refractivity contribution in [1.82, 2.24) is 14.8 Å². The number of aliphatic hydroxyl groups is 2. The molecule has 3 N–H and O–H groups in total. The zero-order valence-electron chi connectivity index (χ0n) is 13.2. The van der Waals surface area contributed by atoms with Crippen molar-refractivity contribution in [3.63, 3.8) is 0 Å². The number of hydrogen-bond donors (Lipinski definition) is 3. The Hall–Kier alpha value is -2.44. The van der Waals surface area contributed by atoms with E-state index in [1.54, 1.807) is 0 Å². The van der Waals surface area contributed by atoms with Crippen molar-refractivity contribution in [2.24, 2.45) is 0 Å². The average Bonchev–Trinajstić information content (AvgIpc) is 2.90. The summed E-state index contributed by atoms with van der Waals surface area (Å²) < 4.78 is 1.81. The Labute approximate surface area is 134 Å². The molecule has 1 aromatic carbocycles. The number of aromatic nitrogens is 3. The first-order valence-corrected chi connectivity index (χ1v) is 7.54. The molecule has 6 nitrogen and oxygen atoms in total. The van der Waals surface area contributed by atoms with Crippen LogP contribution in [0.4, 0.5) is 5.69 Å². The van der Waals surface area contributed by atoms with Gasteiger partial charge in [0.05, 0.1) is 29.6 Å². The van der Waals surface area contributed by atoms with Crippen molar-refractivity contribution in [3.05, 3.63) is 47.8 Å². The second-order valence-electron chi connectivity index (χ2n) is 5.60. The highest BCUT2D eigenvalue weighted by molar-refractivity contribution is 5.90. The van der Waals surface area contributed by atoms with E-state index in [0.717, 1.165) is 33.8 Å². The molecule has 0 saturated carbocycles. The Morgan fingerprint density at radius 1 is 1.22 bits per heavy atom. The van der Waals surface area contributed by atoms with Crippen molar-refractivity contribution in [3.8, 4) is 5.82 Å². The van der Waals surface area contributed by atoms with Crippen molar-refractivity contribution < 1.29 is 10.2 Å². The van der Waals surface area contributed by atoms with Crippen molar-refractivity contribution in [2.75, 3.05) is 18.5 Å². The molecule has 0 aliphatic rings. The lowest BCUT2D eigenvalue weighted by molar-refractivity contribution is 0.105. The van der Waals surface area contributed by atoms with Crippen molar-refractivity contribution >= 4 is 16.6 Å². The minimum atomic E-state index is -0.801. The third kappa shape index (κ3) is 3.18. The Kier molecular flexibility index (Phi) is 4.27. The maximum atomic E-state index is 9.52. The minimum Gasteiger partial charge on any atom is -0.394 e. The summed E-state index contributed by atoms with van der Waals surface area (Å²) in [6, 6.07) is 11.8. The first kappa shape index (κ1) is 15.5. The lowest BCUT2D eigenvalue weighted by Gasteiger charge is -2.13. The number of aryl methyl sites for hydroxylation is 2. The number of anilines is 1. The summed E-state index contributed by atoms with van der Waals surface area (Å²) in [4.78, 5) is 4.72. The van der Waals surface area contributed by atoms with Crippen LogP contribution in [0, 0.1) is 13.8 Å². The number of fused-ring (bicyclic) bond motifs is 1. The first-order valence-electron chi connectivity index (χ1n) is 7.54. The van der Waals surface area contributed by atoms with Gasteiger partial charge >= 0.3 is 0 Å². The zero-order valence-corrected chi connectivity index (χ0v) is 13.2. The minimum absolute atomic E-state index is 0.265. The maximum absolute atomic E-state index is 9.52. The molecule has 0 aliphatic carbocycles. The highest BCUT2D eigenvalue weighted by atomic mass is 16.3. The lowest BCUT2D eigenvalue weighted by Crippen LogP contribution is -2.23. The van der Waals surface area contributed by atoms with E-state index >= 15 is 0 Å². The van der Waals surface area contributed by atoms with Gasteiger partial charge in [0.25, 0.3) is 0 Å². The van der Waals surface area contributed by atoms with Crippen LogP contribution >= 0.6 is 0 Å². The molecule has 0 aliphatic heterocycles. The topological polar surface area (TPSA) is 83.2 Å². The number of nitrogens with zero attached hydrogens (tertiary/aromatic N) is 3. The molecule has 1 atom stereocenters. The summed E-state index contributed by atoms with van der Waals surface area (Å²) in [5.74, 6) is 0.750. The third-order valence-corrected chi connectivity index (χ3v) is 3.67. The van der Waals surface area contributed by atoms with Gasteiger partial charge in [-0.3, -0.25) is 0 Å². The van der Waals surface area contributed by atoms with E-state index in [1.807, 2.05) is 54.9 Å². The normalized spacial score (nSPS) is 12.5. The molecule has 6 heteroatoms. The van der Waals surface area contributed by atoms with Gasteiger partial charge in [0.2, 0.25) is 0 Å². The summed E-state index contributed by atoms with van der Waals surface area (Å²) in [6.07, 6.45) is -0.801. The largest absolute Gasteiger partial charge is 0.394 e. The van der Waals surface area contributed by atoms with Gasteiger partial charge in [-0.1, -0.05) is 12.1 Å².